The molecule has 0 unspecified atom stereocenters. The lowest BCUT2D eigenvalue weighted by Gasteiger charge is -2.34. The Morgan fingerprint density at radius 3 is 2.32 bits per heavy atom. The molecular formula is C15H26N4O3+2. The summed E-state index contributed by atoms with van der Waals surface area (Å²) < 4.78 is 0. The topological polar surface area (TPSA) is 66.6 Å². The van der Waals surface area contributed by atoms with Crippen LogP contribution in [0, 0.1) is 0 Å². The number of nitrogens with zero attached hydrogens (tertiary/aromatic N) is 2. The van der Waals surface area contributed by atoms with E-state index in [9.17, 15) is 14.4 Å². The van der Waals surface area contributed by atoms with Crippen LogP contribution in [0.4, 0.5) is 0 Å². The van der Waals surface area contributed by atoms with Crippen molar-refractivity contribution >= 4 is 17.7 Å². The highest BCUT2D eigenvalue weighted by Gasteiger charge is 2.44. The van der Waals surface area contributed by atoms with Crippen LogP contribution < -0.4 is 9.80 Å². The zero-order valence-corrected chi connectivity index (χ0v) is 13.3. The predicted octanol–water partition coefficient (Wildman–Crippen LogP) is -3.85. The molecule has 0 spiro atoms. The normalized spacial score (nSPS) is 28.0. The van der Waals surface area contributed by atoms with Crippen molar-refractivity contribution in [3.8, 4) is 0 Å². The minimum atomic E-state index is -0.237. The summed E-state index contributed by atoms with van der Waals surface area (Å²) in [5, 5.41) is 0. The standard InChI is InChI=1S/C15H24N4O3/c1-16-13(20)10-12(15(16)22)18-6-8-19(9-7-18)14(21)11-17-4-2-3-5-17/h12H,2-11H2,1H3/p+2/t12-/m1/s1. The molecule has 0 aromatic heterocycles. The second-order valence-electron chi connectivity index (χ2n) is 6.72. The van der Waals surface area contributed by atoms with Gasteiger partial charge >= 0.3 is 0 Å². The number of piperazine rings is 1. The maximum atomic E-state index is 12.3. The molecule has 3 aliphatic heterocycles. The van der Waals surface area contributed by atoms with Crippen LogP contribution in [0.5, 0.6) is 0 Å². The van der Waals surface area contributed by atoms with Crippen LogP contribution >= 0.6 is 0 Å². The lowest BCUT2D eigenvalue weighted by Crippen LogP contribution is -3.19. The Morgan fingerprint density at radius 1 is 1.14 bits per heavy atom. The van der Waals surface area contributed by atoms with E-state index in [0.717, 1.165) is 31.1 Å². The molecule has 3 heterocycles. The van der Waals surface area contributed by atoms with E-state index in [4.69, 9.17) is 0 Å². The maximum absolute atomic E-state index is 12.3. The number of hydrogen-bond acceptors (Lipinski definition) is 3. The number of hydrogen-bond donors (Lipinski definition) is 2. The van der Waals surface area contributed by atoms with Crippen LogP contribution in [0.1, 0.15) is 19.3 Å². The number of rotatable bonds is 3. The molecule has 3 rings (SSSR count). The van der Waals surface area contributed by atoms with Crippen LogP contribution in [-0.4, -0.2) is 86.4 Å². The highest BCUT2D eigenvalue weighted by Crippen LogP contribution is 2.08. The van der Waals surface area contributed by atoms with Gasteiger partial charge in [0.1, 0.15) is 0 Å². The molecule has 122 valence electrons. The van der Waals surface area contributed by atoms with E-state index in [1.807, 2.05) is 4.90 Å². The first-order chi connectivity index (χ1) is 10.6. The van der Waals surface area contributed by atoms with Gasteiger partial charge in [0.25, 0.3) is 11.8 Å². The van der Waals surface area contributed by atoms with Gasteiger partial charge in [0.2, 0.25) is 5.91 Å². The molecule has 3 fully saturated rings. The molecule has 3 amide bonds. The molecule has 22 heavy (non-hydrogen) atoms. The van der Waals surface area contributed by atoms with Crippen molar-refractivity contribution in [2.24, 2.45) is 0 Å². The molecule has 0 aliphatic carbocycles. The summed E-state index contributed by atoms with van der Waals surface area (Å²) >= 11 is 0. The lowest BCUT2D eigenvalue weighted by atomic mass is 10.1. The van der Waals surface area contributed by atoms with Gasteiger partial charge in [-0.2, -0.15) is 0 Å². The van der Waals surface area contributed by atoms with Crippen LogP contribution in [0.3, 0.4) is 0 Å². The molecule has 0 saturated carbocycles. The van der Waals surface area contributed by atoms with Crippen LogP contribution in [0.25, 0.3) is 0 Å². The monoisotopic (exact) mass is 310 g/mol. The van der Waals surface area contributed by atoms with E-state index < -0.39 is 0 Å². The largest absolute Gasteiger partial charge is 0.327 e. The zero-order valence-electron chi connectivity index (χ0n) is 13.3. The number of quaternary nitrogens is 2. The van der Waals surface area contributed by atoms with E-state index in [1.54, 1.807) is 7.05 Å². The van der Waals surface area contributed by atoms with Gasteiger partial charge in [0, 0.05) is 19.9 Å². The van der Waals surface area contributed by atoms with Gasteiger partial charge < -0.3 is 14.7 Å². The van der Waals surface area contributed by atoms with Gasteiger partial charge in [0.05, 0.1) is 45.7 Å². The smallest absolute Gasteiger partial charge is 0.287 e. The molecular weight excluding hydrogens is 284 g/mol. The highest BCUT2D eigenvalue weighted by molar-refractivity contribution is 6.04. The fourth-order valence-corrected chi connectivity index (χ4v) is 3.84. The van der Waals surface area contributed by atoms with Crippen molar-refractivity contribution in [1.82, 2.24) is 9.80 Å². The molecule has 7 nitrogen and oxygen atoms in total. The highest BCUT2D eigenvalue weighted by atomic mass is 16.2. The third kappa shape index (κ3) is 3.01. The first-order valence-corrected chi connectivity index (χ1v) is 8.32. The molecule has 0 aromatic carbocycles. The average Bonchev–Trinajstić information content (AvgIpc) is 3.12. The van der Waals surface area contributed by atoms with Crippen molar-refractivity contribution in [3.05, 3.63) is 0 Å². The number of imide groups is 1. The number of carbonyl (C=O) groups excluding carboxylic acids is 3. The van der Waals surface area contributed by atoms with Gasteiger partial charge in [-0.25, -0.2) is 0 Å². The summed E-state index contributed by atoms with van der Waals surface area (Å²) in [5.41, 5.74) is 0. The third-order valence-electron chi connectivity index (χ3n) is 5.34. The Bertz CT molecular complexity index is 467. The fourth-order valence-electron chi connectivity index (χ4n) is 3.84. The summed E-state index contributed by atoms with van der Waals surface area (Å²) in [5.74, 6) is 0.0850. The second kappa shape index (κ2) is 6.34. The van der Waals surface area contributed by atoms with Gasteiger partial charge in [-0.05, 0) is 0 Å². The molecule has 7 heteroatoms. The quantitative estimate of drug-likeness (QED) is 0.525. The zero-order chi connectivity index (χ0) is 15.7. The van der Waals surface area contributed by atoms with Gasteiger partial charge in [-0.1, -0.05) is 0 Å². The number of carbonyl (C=O) groups is 3. The average molecular weight is 310 g/mol. The Balaban J connectivity index is 1.49. The van der Waals surface area contributed by atoms with E-state index in [0.29, 0.717) is 26.1 Å². The minimum absolute atomic E-state index is 0.0683. The van der Waals surface area contributed by atoms with Crippen LogP contribution in [-0.2, 0) is 14.4 Å². The Labute approximate surface area is 130 Å². The number of likely N-dealkylation sites (tertiary alicyclic amines) is 2. The Morgan fingerprint density at radius 2 is 1.77 bits per heavy atom. The molecule has 3 saturated heterocycles. The van der Waals surface area contributed by atoms with Crippen LogP contribution in [0.2, 0.25) is 0 Å². The molecule has 0 aromatic rings. The van der Waals surface area contributed by atoms with Gasteiger partial charge in [0.15, 0.2) is 12.6 Å². The van der Waals surface area contributed by atoms with Crippen molar-refractivity contribution in [3.63, 3.8) is 0 Å². The van der Waals surface area contributed by atoms with Crippen molar-refractivity contribution in [2.75, 3.05) is 52.9 Å². The maximum Gasteiger partial charge on any atom is 0.287 e. The lowest BCUT2D eigenvalue weighted by molar-refractivity contribution is -0.919. The molecule has 1 atom stereocenters. The fraction of sp³-hybridized carbons (Fsp3) is 0.800. The van der Waals surface area contributed by atoms with E-state index in [-0.39, 0.29) is 23.8 Å². The summed E-state index contributed by atoms with van der Waals surface area (Å²) in [7, 11) is 1.56. The first kappa shape index (κ1) is 15.4. The second-order valence-corrected chi connectivity index (χ2v) is 6.72. The van der Waals surface area contributed by atoms with E-state index in [2.05, 4.69) is 0 Å². The summed E-state index contributed by atoms with van der Waals surface area (Å²) in [6.45, 7) is 5.76. The van der Waals surface area contributed by atoms with Crippen molar-refractivity contribution in [1.29, 1.82) is 0 Å². The van der Waals surface area contributed by atoms with E-state index >= 15 is 0 Å². The third-order valence-corrected chi connectivity index (χ3v) is 5.34. The SMILES string of the molecule is CN1C(=O)C[C@@H]([NH+]2CCN(C(=O)C[NH+]3CCCC3)CC2)C1=O. The molecule has 3 aliphatic rings. The van der Waals surface area contributed by atoms with E-state index in [1.165, 1.54) is 22.6 Å². The summed E-state index contributed by atoms with van der Waals surface area (Å²) in [6, 6.07) is -0.237. The van der Waals surface area contributed by atoms with Crippen LogP contribution in [0.15, 0.2) is 0 Å². The number of likely N-dealkylation sites (N-methyl/N-ethyl adjacent to an activating group) is 1. The summed E-state index contributed by atoms with van der Waals surface area (Å²) in [6.07, 6.45) is 2.77. The summed E-state index contributed by atoms with van der Waals surface area (Å²) in [4.78, 5) is 41.7. The number of amides is 3. The Hall–Kier alpha value is -1.47. The molecule has 0 bridgehead atoms. The molecule has 0 radical (unpaired) electrons. The Kier molecular flexibility index (Phi) is 4.44. The molecule has 2 N–H and O–H groups in total. The van der Waals surface area contributed by atoms with Gasteiger partial charge in [-0.15, -0.1) is 0 Å². The minimum Gasteiger partial charge on any atom is -0.327 e. The number of nitrogens with one attached hydrogen (secondary N) is 2. The first-order valence-electron chi connectivity index (χ1n) is 8.32. The predicted molar refractivity (Wildman–Crippen MR) is 78.3 cm³/mol. The van der Waals surface area contributed by atoms with Gasteiger partial charge in [-0.3, -0.25) is 19.3 Å². The van der Waals surface area contributed by atoms with Crippen molar-refractivity contribution < 1.29 is 24.2 Å². The van der Waals surface area contributed by atoms with Crippen molar-refractivity contribution in [2.45, 2.75) is 25.3 Å².